The van der Waals surface area contributed by atoms with Crippen molar-refractivity contribution in [3.05, 3.63) is 54.1 Å². The molecule has 0 aliphatic carbocycles. The summed E-state index contributed by atoms with van der Waals surface area (Å²) in [4.78, 5) is 16.2. The third kappa shape index (κ3) is 3.06. The third-order valence-electron chi connectivity index (χ3n) is 3.02. The Kier molecular flexibility index (Phi) is 4.29. The number of imidazole rings is 1. The van der Waals surface area contributed by atoms with Crippen molar-refractivity contribution in [2.45, 2.75) is 32.7 Å². The fourth-order valence-electron chi connectivity index (χ4n) is 2.04. The normalized spacial score (nSPS) is 10.5. The quantitative estimate of drug-likeness (QED) is 0.729. The molecule has 0 fully saturated rings. The first-order valence-corrected chi connectivity index (χ1v) is 6.39. The number of aromatic nitrogens is 2. The van der Waals surface area contributed by atoms with Gasteiger partial charge in [-0.3, -0.25) is 4.79 Å². The lowest BCUT2D eigenvalue weighted by Gasteiger charge is -2.05. The van der Waals surface area contributed by atoms with Gasteiger partial charge in [-0.15, -0.1) is 0 Å². The minimum absolute atomic E-state index is 0.216. The molecule has 2 aromatic rings. The highest BCUT2D eigenvalue weighted by Crippen LogP contribution is 2.07. The highest BCUT2D eigenvalue weighted by molar-refractivity contribution is 5.95. The van der Waals surface area contributed by atoms with Gasteiger partial charge in [0.05, 0.1) is 0 Å². The summed E-state index contributed by atoms with van der Waals surface area (Å²) in [5.41, 5.74) is 0.804. The van der Waals surface area contributed by atoms with E-state index in [-0.39, 0.29) is 5.78 Å². The lowest BCUT2D eigenvalue weighted by molar-refractivity contribution is 0.0978. The Morgan fingerprint density at radius 1 is 1.28 bits per heavy atom. The molecule has 0 spiro atoms. The van der Waals surface area contributed by atoms with E-state index in [0.29, 0.717) is 6.42 Å². The predicted molar refractivity (Wildman–Crippen MR) is 71.6 cm³/mol. The number of carbonyl (C=O) groups excluding carboxylic acids is 1. The van der Waals surface area contributed by atoms with Gasteiger partial charge in [0, 0.05) is 37.3 Å². The molecule has 0 saturated carbocycles. The first-order valence-electron chi connectivity index (χ1n) is 6.39. The molecule has 1 heterocycles. The molecule has 3 heteroatoms. The van der Waals surface area contributed by atoms with Gasteiger partial charge in [-0.2, -0.15) is 0 Å². The molecule has 1 aromatic heterocycles. The first kappa shape index (κ1) is 12.6. The molecular formula is C15H18N2O. The molecule has 0 N–H and O–H groups in total. The van der Waals surface area contributed by atoms with Crippen molar-refractivity contribution < 1.29 is 4.79 Å². The number of benzene rings is 1. The summed E-state index contributed by atoms with van der Waals surface area (Å²) in [6.07, 6.45) is 6.17. The van der Waals surface area contributed by atoms with E-state index in [4.69, 9.17) is 0 Å². The van der Waals surface area contributed by atoms with Gasteiger partial charge in [-0.05, 0) is 6.42 Å². The van der Waals surface area contributed by atoms with Crippen LogP contribution in [-0.4, -0.2) is 15.3 Å². The standard InChI is InChI=1S/C15H18N2O/c1-2-15-16-10-12-17(15)11-6-9-14(18)13-7-4-3-5-8-13/h3-5,7-8,10,12H,2,6,9,11H2,1H3. The number of rotatable bonds is 6. The molecule has 0 aliphatic heterocycles. The molecule has 2 rings (SSSR count). The molecule has 0 bridgehead atoms. The molecule has 0 radical (unpaired) electrons. The van der Waals surface area contributed by atoms with Crippen LogP contribution in [-0.2, 0) is 13.0 Å². The molecule has 18 heavy (non-hydrogen) atoms. The highest BCUT2D eigenvalue weighted by Gasteiger charge is 2.05. The van der Waals surface area contributed by atoms with Crippen molar-refractivity contribution in [3.63, 3.8) is 0 Å². The van der Waals surface area contributed by atoms with E-state index in [1.54, 1.807) is 0 Å². The van der Waals surface area contributed by atoms with E-state index >= 15 is 0 Å². The summed E-state index contributed by atoms with van der Waals surface area (Å²) < 4.78 is 2.12. The number of hydrogen-bond donors (Lipinski definition) is 0. The van der Waals surface area contributed by atoms with Crippen LogP contribution in [0.3, 0.4) is 0 Å². The maximum Gasteiger partial charge on any atom is 0.162 e. The fourth-order valence-corrected chi connectivity index (χ4v) is 2.04. The maximum atomic E-state index is 11.9. The summed E-state index contributed by atoms with van der Waals surface area (Å²) in [7, 11) is 0. The molecule has 94 valence electrons. The summed E-state index contributed by atoms with van der Waals surface area (Å²) in [6, 6.07) is 9.47. The van der Waals surface area contributed by atoms with E-state index in [2.05, 4.69) is 16.5 Å². The van der Waals surface area contributed by atoms with E-state index in [0.717, 1.165) is 30.8 Å². The van der Waals surface area contributed by atoms with Crippen LogP contribution in [0.2, 0.25) is 0 Å². The SMILES string of the molecule is CCc1nccn1CCCC(=O)c1ccccc1. The zero-order valence-electron chi connectivity index (χ0n) is 10.7. The summed E-state index contributed by atoms with van der Waals surface area (Å²) in [5, 5.41) is 0. The second kappa shape index (κ2) is 6.15. The molecule has 0 unspecified atom stereocenters. The Labute approximate surface area is 107 Å². The van der Waals surface area contributed by atoms with Crippen LogP contribution < -0.4 is 0 Å². The van der Waals surface area contributed by atoms with Crippen molar-refractivity contribution in [2.75, 3.05) is 0 Å². The van der Waals surface area contributed by atoms with Gasteiger partial charge in [0.1, 0.15) is 5.82 Å². The van der Waals surface area contributed by atoms with Crippen molar-refractivity contribution in [1.29, 1.82) is 0 Å². The van der Waals surface area contributed by atoms with Crippen molar-refractivity contribution in [3.8, 4) is 0 Å². The summed E-state index contributed by atoms with van der Waals surface area (Å²) >= 11 is 0. The van der Waals surface area contributed by atoms with Crippen LogP contribution in [0.15, 0.2) is 42.7 Å². The number of nitrogens with zero attached hydrogens (tertiary/aromatic N) is 2. The number of hydrogen-bond acceptors (Lipinski definition) is 2. The maximum absolute atomic E-state index is 11.9. The Hall–Kier alpha value is -1.90. The van der Waals surface area contributed by atoms with Crippen LogP contribution in [0, 0.1) is 0 Å². The van der Waals surface area contributed by atoms with Crippen LogP contribution in [0.4, 0.5) is 0 Å². The van der Waals surface area contributed by atoms with Gasteiger partial charge in [-0.25, -0.2) is 4.98 Å². The van der Waals surface area contributed by atoms with Gasteiger partial charge >= 0.3 is 0 Å². The first-order chi connectivity index (χ1) is 8.81. The number of Topliss-reactive ketones (excluding diaryl/α,β-unsaturated/α-hetero) is 1. The van der Waals surface area contributed by atoms with E-state index in [1.807, 2.05) is 42.7 Å². The average molecular weight is 242 g/mol. The molecule has 0 atom stereocenters. The monoisotopic (exact) mass is 242 g/mol. The van der Waals surface area contributed by atoms with Gasteiger partial charge in [0.25, 0.3) is 0 Å². The average Bonchev–Trinajstić information content (AvgIpc) is 2.87. The van der Waals surface area contributed by atoms with Gasteiger partial charge in [-0.1, -0.05) is 37.3 Å². The Morgan fingerprint density at radius 3 is 2.78 bits per heavy atom. The van der Waals surface area contributed by atoms with Gasteiger partial charge in [0.2, 0.25) is 0 Å². The van der Waals surface area contributed by atoms with Crippen molar-refractivity contribution in [1.82, 2.24) is 9.55 Å². The summed E-state index contributed by atoms with van der Waals surface area (Å²) in [5.74, 6) is 1.30. The highest BCUT2D eigenvalue weighted by atomic mass is 16.1. The predicted octanol–water partition coefficient (Wildman–Crippen LogP) is 3.11. The number of carbonyl (C=O) groups is 1. The molecule has 0 aliphatic rings. The Bertz CT molecular complexity index is 502. The summed E-state index contributed by atoms with van der Waals surface area (Å²) in [6.45, 7) is 2.95. The zero-order valence-corrected chi connectivity index (χ0v) is 10.7. The molecule has 3 nitrogen and oxygen atoms in total. The van der Waals surface area contributed by atoms with Gasteiger partial charge in [0.15, 0.2) is 5.78 Å². The van der Waals surface area contributed by atoms with E-state index < -0.39 is 0 Å². The minimum Gasteiger partial charge on any atom is -0.335 e. The number of ketones is 1. The molecular weight excluding hydrogens is 224 g/mol. The Morgan fingerprint density at radius 2 is 2.06 bits per heavy atom. The van der Waals surface area contributed by atoms with Crippen LogP contribution in [0.5, 0.6) is 0 Å². The van der Waals surface area contributed by atoms with E-state index in [1.165, 1.54) is 0 Å². The topological polar surface area (TPSA) is 34.9 Å². The zero-order chi connectivity index (χ0) is 12.8. The molecule has 0 amide bonds. The Balaban J connectivity index is 1.84. The molecule has 1 aromatic carbocycles. The smallest absolute Gasteiger partial charge is 0.162 e. The second-order valence-corrected chi connectivity index (χ2v) is 4.28. The third-order valence-corrected chi connectivity index (χ3v) is 3.02. The lowest BCUT2D eigenvalue weighted by atomic mass is 10.1. The second-order valence-electron chi connectivity index (χ2n) is 4.28. The van der Waals surface area contributed by atoms with Gasteiger partial charge < -0.3 is 4.57 Å². The lowest BCUT2D eigenvalue weighted by Crippen LogP contribution is -2.05. The minimum atomic E-state index is 0.216. The number of aryl methyl sites for hydroxylation is 2. The van der Waals surface area contributed by atoms with Crippen LogP contribution >= 0.6 is 0 Å². The fraction of sp³-hybridized carbons (Fsp3) is 0.333. The van der Waals surface area contributed by atoms with Crippen molar-refractivity contribution >= 4 is 5.78 Å². The van der Waals surface area contributed by atoms with Crippen LogP contribution in [0.25, 0.3) is 0 Å². The van der Waals surface area contributed by atoms with E-state index in [9.17, 15) is 4.79 Å². The largest absolute Gasteiger partial charge is 0.335 e. The molecule has 0 saturated heterocycles. The van der Waals surface area contributed by atoms with Crippen LogP contribution in [0.1, 0.15) is 35.9 Å². The van der Waals surface area contributed by atoms with Crippen molar-refractivity contribution in [2.24, 2.45) is 0 Å².